The number of hydrogen-bond acceptors (Lipinski definition) is 4. The Hall–Kier alpha value is -2.99. The van der Waals surface area contributed by atoms with E-state index in [1.54, 1.807) is 0 Å². The van der Waals surface area contributed by atoms with Gasteiger partial charge in [-0.2, -0.15) is 0 Å². The number of carbonyl (C=O) groups is 1. The van der Waals surface area contributed by atoms with Gasteiger partial charge in [-0.1, -0.05) is 17.7 Å². The predicted octanol–water partition coefficient (Wildman–Crippen LogP) is 4.88. The first-order valence-corrected chi connectivity index (χ1v) is 8.23. The van der Waals surface area contributed by atoms with Crippen LogP contribution in [0.1, 0.15) is 21.6 Å². The smallest absolute Gasteiger partial charge is 0.274 e. The summed E-state index contributed by atoms with van der Waals surface area (Å²) in [5, 5.41) is 5.65. The largest absolute Gasteiger partial charge is 0.324 e. The second kappa shape index (κ2) is 7.49. The Morgan fingerprint density at radius 2 is 1.77 bits per heavy atom. The average Bonchev–Trinajstić information content (AvgIpc) is 2.57. The average molecular weight is 371 g/mol. The van der Waals surface area contributed by atoms with E-state index in [2.05, 4.69) is 26.7 Å². The predicted molar refractivity (Wildman–Crippen MR) is 101 cm³/mol. The first-order chi connectivity index (χ1) is 12.4. The normalized spacial score (nSPS) is 10.5. The Bertz CT molecular complexity index is 957. The maximum Gasteiger partial charge on any atom is 0.274 e. The van der Waals surface area contributed by atoms with E-state index in [1.165, 1.54) is 30.5 Å². The Morgan fingerprint density at radius 3 is 2.46 bits per heavy atom. The quantitative estimate of drug-likeness (QED) is 0.686. The van der Waals surface area contributed by atoms with Crippen molar-refractivity contribution in [1.82, 2.24) is 9.97 Å². The van der Waals surface area contributed by atoms with E-state index in [-0.39, 0.29) is 10.7 Å². The number of nitrogens with one attached hydrogen (secondary N) is 2. The van der Waals surface area contributed by atoms with Crippen molar-refractivity contribution in [2.75, 3.05) is 10.6 Å². The monoisotopic (exact) mass is 370 g/mol. The van der Waals surface area contributed by atoms with Gasteiger partial charge in [-0.05, 0) is 61.4 Å². The Morgan fingerprint density at radius 1 is 1.04 bits per heavy atom. The van der Waals surface area contributed by atoms with Gasteiger partial charge in [0.2, 0.25) is 5.95 Å². The molecule has 2 N–H and O–H groups in total. The minimum atomic E-state index is -0.549. The molecule has 2 aromatic carbocycles. The van der Waals surface area contributed by atoms with Crippen molar-refractivity contribution >= 4 is 34.8 Å². The molecule has 0 saturated carbocycles. The van der Waals surface area contributed by atoms with E-state index in [4.69, 9.17) is 11.6 Å². The van der Waals surface area contributed by atoms with E-state index in [9.17, 15) is 9.18 Å². The van der Waals surface area contributed by atoms with Crippen LogP contribution < -0.4 is 10.6 Å². The van der Waals surface area contributed by atoms with Crippen molar-refractivity contribution in [3.8, 4) is 0 Å². The molecule has 0 saturated heterocycles. The highest BCUT2D eigenvalue weighted by Crippen LogP contribution is 2.20. The van der Waals surface area contributed by atoms with Crippen molar-refractivity contribution in [1.29, 1.82) is 0 Å². The molecule has 1 heterocycles. The van der Waals surface area contributed by atoms with Crippen LogP contribution in [-0.4, -0.2) is 15.9 Å². The summed E-state index contributed by atoms with van der Waals surface area (Å²) in [6.45, 7) is 3.99. The zero-order valence-electron chi connectivity index (χ0n) is 14.2. The van der Waals surface area contributed by atoms with Crippen molar-refractivity contribution in [3.63, 3.8) is 0 Å². The number of rotatable bonds is 4. The molecule has 0 aliphatic rings. The first-order valence-electron chi connectivity index (χ1n) is 7.85. The van der Waals surface area contributed by atoms with E-state index in [0.29, 0.717) is 11.6 Å². The van der Waals surface area contributed by atoms with Crippen molar-refractivity contribution in [2.45, 2.75) is 13.8 Å². The number of amides is 1. The van der Waals surface area contributed by atoms with Crippen molar-refractivity contribution < 1.29 is 9.18 Å². The molecule has 0 bridgehead atoms. The molecule has 26 heavy (non-hydrogen) atoms. The van der Waals surface area contributed by atoms with Gasteiger partial charge in [0.1, 0.15) is 11.5 Å². The molecule has 1 amide bonds. The van der Waals surface area contributed by atoms with Gasteiger partial charge >= 0.3 is 0 Å². The van der Waals surface area contributed by atoms with Gasteiger partial charge in [-0.3, -0.25) is 4.79 Å². The summed E-state index contributed by atoms with van der Waals surface area (Å²) < 4.78 is 13.2. The highest BCUT2D eigenvalue weighted by atomic mass is 35.5. The number of carbonyl (C=O) groups excluding carboxylic acids is 1. The van der Waals surface area contributed by atoms with Crippen LogP contribution in [0.2, 0.25) is 5.02 Å². The summed E-state index contributed by atoms with van der Waals surface area (Å²) in [5.74, 6) is -0.690. The van der Waals surface area contributed by atoms with Gasteiger partial charge in [0.05, 0.1) is 5.02 Å². The highest BCUT2D eigenvalue weighted by molar-refractivity contribution is 6.31. The van der Waals surface area contributed by atoms with Crippen molar-refractivity contribution in [3.05, 3.63) is 76.3 Å². The number of aryl methyl sites for hydroxylation is 2. The lowest BCUT2D eigenvalue weighted by Crippen LogP contribution is -2.14. The lowest BCUT2D eigenvalue weighted by molar-refractivity contribution is 0.102. The standard InChI is InChI=1S/C19H16ClFN4O/c1-11-7-12(2)9-14(8-11)24-19-22-6-5-17(25-19)18(26)23-13-3-4-16(21)15(20)10-13/h3-10H,1-2H3,(H,23,26)(H,22,24,25). The Balaban J connectivity index is 1.77. The summed E-state index contributed by atoms with van der Waals surface area (Å²) in [4.78, 5) is 20.7. The number of halogens is 2. The van der Waals surface area contributed by atoms with Crippen molar-refractivity contribution in [2.24, 2.45) is 0 Å². The Labute approximate surface area is 155 Å². The van der Waals surface area contributed by atoms with Crippen LogP contribution >= 0.6 is 11.6 Å². The maximum atomic E-state index is 13.2. The minimum absolute atomic E-state index is 0.0670. The zero-order valence-corrected chi connectivity index (χ0v) is 14.9. The van der Waals surface area contributed by atoms with E-state index < -0.39 is 11.7 Å². The van der Waals surface area contributed by atoms with Crippen LogP contribution in [0.4, 0.5) is 21.7 Å². The summed E-state index contributed by atoms with van der Waals surface area (Å²) in [5.41, 5.74) is 3.60. The molecular weight excluding hydrogens is 355 g/mol. The SMILES string of the molecule is Cc1cc(C)cc(Nc2nccc(C(=O)Nc3ccc(F)c(Cl)c3)n2)c1. The lowest BCUT2D eigenvalue weighted by atomic mass is 10.1. The lowest BCUT2D eigenvalue weighted by Gasteiger charge is -2.09. The molecule has 7 heteroatoms. The molecule has 0 fully saturated rings. The summed E-state index contributed by atoms with van der Waals surface area (Å²) in [6.07, 6.45) is 1.49. The van der Waals surface area contributed by atoms with Gasteiger partial charge in [0.25, 0.3) is 5.91 Å². The minimum Gasteiger partial charge on any atom is -0.324 e. The third-order valence-electron chi connectivity index (χ3n) is 3.54. The molecular formula is C19H16ClFN4O. The van der Waals surface area contributed by atoms with Gasteiger partial charge in [0, 0.05) is 17.6 Å². The molecule has 0 atom stereocenters. The molecule has 5 nitrogen and oxygen atoms in total. The summed E-state index contributed by atoms with van der Waals surface area (Å²) >= 11 is 5.72. The third kappa shape index (κ3) is 4.34. The molecule has 3 aromatic rings. The van der Waals surface area contributed by atoms with E-state index in [0.717, 1.165) is 16.8 Å². The number of aromatic nitrogens is 2. The van der Waals surface area contributed by atoms with Crippen LogP contribution in [0.5, 0.6) is 0 Å². The molecule has 0 spiro atoms. The number of nitrogens with zero attached hydrogens (tertiary/aromatic N) is 2. The second-order valence-corrected chi connectivity index (χ2v) is 6.26. The second-order valence-electron chi connectivity index (χ2n) is 5.85. The van der Waals surface area contributed by atoms with Crippen LogP contribution in [0, 0.1) is 19.7 Å². The number of anilines is 3. The van der Waals surface area contributed by atoms with Gasteiger partial charge in [-0.15, -0.1) is 0 Å². The number of benzene rings is 2. The van der Waals surface area contributed by atoms with E-state index >= 15 is 0 Å². The first kappa shape index (κ1) is 17.8. The van der Waals surface area contributed by atoms with Gasteiger partial charge in [0.15, 0.2) is 0 Å². The van der Waals surface area contributed by atoms with Gasteiger partial charge in [-0.25, -0.2) is 14.4 Å². The van der Waals surface area contributed by atoms with Crippen LogP contribution in [-0.2, 0) is 0 Å². The molecule has 1 aromatic heterocycles. The fourth-order valence-corrected chi connectivity index (χ4v) is 2.67. The Kier molecular flexibility index (Phi) is 5.14. The zero-order chi connectivity index (χ0) is 18.7. The van der Waals surface area contributed by atoms with Gasteiger partial charge < -0.3 is 10.6 Å². The molecule has 0 aliphatic heterocycles. The molecule has 0 unspecified atom stereocenters. The molecule has 0 radical (unpaired) electrons. The fraction of sp³-hybridized carbons (Fsp3) is 0.105. The summed E-state index contributed by atoms with van der Waals surface area (Å²) in [7, 11) is 0. The molecule has 0 aliphatic carbocycles. The van der Waals surface area contributed by atoms with Crippen LogP contribution in [0.3, 0.4) is 0 Å². The molecule has 132 valence electrons. The van der Waals surface area contributed by atoms with Crippen LogP contribution in [0.25, 0.3) is 0 Å². The summed E-state index contributed by atoms with van der Waals surface area (Å²) in [6, 6.07) is 11.4. The topological polar surface area (TPSA) is 66.9 Å². The van der Waals surface area contributed by atoms with E-state index in [1.807, 2.05) is 26.0 Å². The molecule has 3 rings (SSSR count). The fourth-order valence-electron chi connectivity index (χ4n) is 2.49. The number of hydrogen-bond donors (Lipinski definition) is 2. The highest BCUT2D eigenvalue weighted by Gasteiger charge is 2.11. The van der Waals surface area contributed by atoms with Crippen LogP contribution in [0.15, 0.2) is 48.7 Å². The third-order valence-corrected chi connectivity index (χ3v) is 3.83. The maximum absolute atomic E-state index is 13.2.